The molecule has 3 heteroatoms. The van der Waals surface area contributed by atoms with Crippen molar-refractivity contribution in [3.05, 3.63) is 33.8 Å². The molecule has 1 aromatic rings. The summed E-state index contributed by atoms with van der Waals surface area (Å²) in [6.07, 6.45) is 1.13. The van der Waals surface area contributed by atoms with Crippen LogP contribution in [0.2, 0.25) is 0 Å². The monoisotopic (exact) mass is 342 g/mol. The molecule has 0 amide bonds. The summed E-state index contributed by atoms with van der Waals surface area (Å²) in [5.41, 5.74) is 2.82. The second kappa shape index (κ2) is 3.67. The van der Waals surface area contributed by atoms with Crippen LogP contribution in [0.3, 0.4) is 0 Å². The number of fused-ring (bicyclic) bond motifs is 5. The molecule has 4 atom stereocenters. The Morgan fingerprint density at radius 2 is 2.06 bits per heavy atom. The molecule has 1 nitrogen and oxygen atoms in total. The van der Waals surface area contributed by atoms with E-state index in [0.717, 1.165) is 10.9 Å². The summed E-state index contributed by atoms with van der Waals surface area (Å²) in [5.74, 6) is 1.45. The third-order valence-corrected chi connectivity index (χ3v) is 5.69. The minimum atomic E-state index is 0.173. The first-order chi connectivity index (χ1) is 7.59. The van der Waals surface area contributed by atoms with E-state index in [1.807, 2.05) is 0 Å². The molecule has 2 aliphatic carbocycles. The average molecular weight is 344 g/mol. The Bertz CT molecular complexity index is 469. The van der Waals surface area contributed by atoms with Crippen molar-refractivity contribution in [3.63, 3.8) is 0 Å². The van der Waals surface area contributed by atoms with E-state index >= 15 is 0 Å². The maximum absolute atomic E-state index is 11.7. The third kappa shape index (κ3) is 1.37. The highest BCUT2D eigenvalue weighted by atomic mass is 79.9. The fourth-order valence-electron chi connectivity index (χ4n) is 3.35. The van der Waals surface area contributed by atoms with Gasteiger partial charge in [0.05, 0.1) is 0 Å². The van der Waals surface area contributed by atoms with Crippen molar-refractivity contribution in [2.75, 3.05) is 0 Å². The van der Waals surface area contributed by atoms with Crippen LogP contribution in [0.25, 0.3) is 0 Å². The number of hydrogen-bond donors (Lipinski definition) is 0. The number of rotatable bonds is 1. The molecule has 1 aromatic carbocycles. The summed E-state index contributed by atoms with van der Waals surface area (Å²) < 4.78 is 1.12. The molecule has 0 saturated heterocycles. The first kappa shape index (κ1) is 11.0. The van der Waals surface area contributed by atoms with Crippen molar-refractivity contribution in [1.29, 1.82) is 0 Å². The number of hydrogen-bond acceptors (Lipinski definition) is 1. The molecule has 0 spiro atoms. The number of benzene rings is 1. The second-order valence-corrected chi connectivity index (χ2v) is 6.78. The molecule has 16 heavy (non-hydrogen) atoms. The Morgan fingerprint density at radius 3 is 2.75 bits per heavy atom. The van der Waals surface area contributed by atoms with Gasteiger partial charge in [0, 0.05) is 15.2 Å². The molecule has 3 rings (SSSR count). The van der Waals surface area contributed by atoms with Gasteiger partial charge >= 0.3 is 0 Å². The molecule has 1 saturated carbocycles. The molecular weight excluding hydrogens is 332 g/mol. The van der Waals surface area contributed by atoms with Gasteiger partial charge in [-0.15, -0.1) is 0 Å². The zero-order valence-electron chi connectivity index (χ0n) is 8.91. The number of halogens is 2. The van der Waals surface area contributed by atoms with Crippen molar-refractivity contribution in [1.82, 2.24) is 0 Å². The lowest BCUT2D eigenvalue weighted by atomic mass is 9.81. The van der Waals surface area contributed by atoms with E-state index in [-0.39, 0.29) is 5.92 Å². The van der Waals surface area contributed by atoms with Crippen LogP contribution in [0, 0.1) is 5.92 Å². The quantitative estimate of drug-likeness (QED) is 0.704. The smallest absolute Gasteiger partial charge is 0.134 e. The van der Waals surface area contributed by atoms with Gasteiger partial charge in [0.25, 0.3) is 0 Å². The van der Waals surface area contributed by atoms with Crippen molar-refractivity contribution >= 4 is 37.6 Å². The number of carbonyl (C=O) groups excluding carboxylic acids is 1. The fraction of sp³-hybridized carbons (Fsp3) is 0.462. The van der Waals surface area contributed by atoms with Gasteiger partial charge in [-0.2, -0.15) is 0 Å². The van der Waals surface area contributed by atoms with Crippen LogP contribution in [0.15, 0.2) is 22.7 Å². The van der Waals surface area contributed by atoms with Gasteiger partial charge in [-0.05, 0) is 48.4 Å². The van der Waals surface area contributed by atoms with Crippen molar-refractivity contribution in [2.45, 2.75) is 30.0 Å². The molecule has 84 valence electrons. The summed E-state index contributed by atoms with van der Waals surface area (Å²) in [5, 5.41) is 0. The number of carbonyl (C=O) groups is 1. The normalized spacial score (nSPS) is 35.2. The SMILES string of the molecule is CC(=O)C1C2CC(c3ccc(Br)cc32)C1Br. The van der Waals surface area contributed by atoms with E-state index in [9.17, 15) is 4.79 Å². The lowest BCUT2D eigenvalue weighted by molar-refractivity contribution is -0.120. The molecule has 0 N–H and O–H groups in total. The number of alkyl halides is 1. The van der Waals surface area contributed by atoms with Crippen LogP contribution in [-0.4, -0.2) is 10.6 Å². The van der Waals surface area contributed by atoms with Gasteiger partial charge in [-0.1, -0.05) is 37.9 Å². The van der Waals surface area contributed by atoms with E-state index in [1.165, 1.54) is 11.1 Å². The van der Waals surface area contributed by atoms with Gasteiger partial charge in [0.2, 0.25) is 0 Å². The van der Waals surface area contributed by atoms with Gasteiger partial charge in [-0.3, -0.25) is 4.79 Å². The first-order valence-corrected chi connectivity index (χ1v) is 7.24. The Morgan fingerprint density at radius 1 is 1.31 bits per heavy atom. The summed E-state index contributed by atoms with van der Waals surface area (Å²) in [6.45, 7) is 1.72. The van der Waals surface area contributed by atoms with Crippen LogP contribution in [-0.2, 0) is 4.79 Å². The van der Waals surface area contributed by atoms with Gasteiger partial charge < -0.3 is 0 Å². The maximum atomic E-state index is 11.7. The lowest BCUT2D eigenvalue weighted by Crippen LogP contribution is -2.27. The van der Waals surface area contributed by atoms with Crippen LogP contribution >= 0.6 is 31.9 Å². The summed E-state index contributed by atoms with van der Waals surface area (Å²) in [4.78, 5) is 12.0. The Kier molecular flexibility index (Phi) is 2.52. The minimum Gasteiger partial charge on any atom is -0.300 e. The molecule has 2 bridgehead atoms. The third-order valence-electron chi connectivity index (χ3n) is 3.99. The second-order valence-electron chi connectivity index (χ2n) is 4.80. The van der Waals surface area contributed by atoms with E-state index in [4.69, 9.17) is 0 Å². The van der Waals surface area contributed by atoms with E-state index in [0.29, 0.717) is 22.4 Å². The fourth-order valence-corrected chi connectivity index (χ4v) is 4.97. The molecule has 0 radical (unpaired) electrons. The topological polar surface area (TPSA) is 17.1 Å². The van der Waals surface area contributed by atoms with Gasteiger partial charge in [0.15, 0.2) is 0 Å². The molecule has 0 aromatic heterocycles. The number of Topliss-reactive ketones (excluding diaryl/α,β-unsaturated/α-hetero) is 1. The van der Waals surface area contributed by atoms with Crippen LogP contribution in [0.1, 0.15) is 36.3 Å². The summed E-state index contributed by atoms with van der Waals surface area (Å²) in [6, 6.07) is 6.49. The average Bonchev–Trinajstić information content (AvgIpc) is 2.72. The van der Waals surface area contributed by atoms with E-state index < -0.39 is 0 Å². The van der Waals surface area contributed by atoms with Crippen molar-refractivity contribution < 1.29 is 4.79 Å². The molecular formula is C13H12Br2O. The first-order valence-electron chi connectivity index (χ1n) is 5.53. The summed E-state index contributed by atoms with van der Waals surface area (Å²) in [7, 11) is 0. The molecule has 1 fully saturated rings. The Labute approximate surface area is 112 Å². The lowest BCUT2D eigenvalue weighted by Gasteiger charge is -2.27. The zero-order chi connectivity index (χ0) is 11.4. The zero-order valence-corrected chi connectivity index (χ0v) is 12.1. The standard InChI is InChI=1S/C13H12Br2O/c1-6(16)12-10-5-11(13(12)15)8-3-2-7(14)4-9(8)10/h2-4,10-13H,5H2,1H3. The highest BCUT2D eigenvalue weighted by Gasteiger charge is 2.51. The molecule has 0 aliphatic heterocycles. The van der Waals surface area contributed by atoms with Crippen LogP contribution < -0.4 is 0 Å². The van der Waals surface area contributed by atoms with E-state index in [2.05, 4.69) is 50.1 Å². The minimum absolute atomic E-state index is 0.173. The predicted molar refractivity (Wildman–Crippen MR) is 71.1 cm³/mol. The van der Waals surface area contributed by atoms with E-state index in [1.54, 1.807) is 6.92 Å². The number of ketones is 1. The highest BCUT2D eigenvalue weighted by Crippen LogP contribution is 2.59. The highest BCUT2D eigenvalue weighted by molar-refractivity contribution is 9.10. The molecule has 4 unspecified atom stereocenters. The van der Waals surface area contributed by atoms with Crippen LogP contribution in [0.5, 0.6) is 0 Å². The van der Waals surface area contributed by atoms with Gasteiger partial charge in [-0.25, -0.2) is 0 Å². The maximum Gasteiger partial charge on any atom is 0.134 e. The van der Waals surface area contributed by atoms with Crippen molar-refractivity contribution in [3.8, 4) is 0 Å². The van der Waals surface area contributed by atoms with Gasteiger partial charge in [0.1, 0.15) is 5.78 Å². The Balaban J connectivity index is 2.11. The summed E-state index contributed by atoms with van der Waals surface area (Å²) >= 11 is 7.23. The van der Waals surface area contributed by atoms with Crippen molar-refractivity contribution in [2.24, 2.45) is 5.92 Å². The Hall–Kier alpha value is -0.150. The van der Waals surface area contributed by atoms with Crippen LogP contribution in [0.4, 0.5) is 0 Å². The predicted octanol–water partition coefficient (Wildman–Crippen LogP) is 4.00. The molecule has 0 heterocycles. The molecule has 2 aliphatic rings. The largest absolute Gasteiger partial charge is 0.300 e.